The van der Waals surface area contributed by atoms with Crippen LogP contribution in [-0.4, -0.2) is 52.3 Å². The van der Waals surface area contributed by atoms with Crippen LogP contribution in [-0.2, 0) is 18.8 Å². The van der Waals surface area contributed by atoms with Crippen molar-refractivity contribution >= 4 is 5.91 Å². The van der Waals surface area contributed by atoms with E-state index in [1.165, 1.54) is 24.7 Å². The van der Waals surface area contributed by atoms with E-state index in [9.17, 15) is 14.4 Å². The molecule has 1 amide bonds. The molecule has 1 fully saturated rings. The van der Waals surface area contributed by atoms with E-state index in [4.69, 9.17) is 9.47 Å². The van der Waals surface area contributed by atoms with Crippen molar-refractivity contribution in [3.8, 4) is 5.75 Å². The number of benzene rings is 1. The number of likely N-dealkylation sites (tertiary alicyclic amines) is 1. The predicted molar refractivity (Wildman–Crippen MR) is 104 cm³/mol. The van der Waals surface area contributed by atoms with Crippen molar-refractivity contribution in [1.29, 1.82) is 0 Å². The maximum absolute atomic E-state index is 13.0. The number of hydrogen-bond donors (Lipinski definition) is 0. The number of para-hydroxylation sites is 1. The summed E-state index contributed by atoms with van der Waals surface area (Å²) in [5, 5.41) is 0. The highest BCUT2D eigenvalue weighted by Gasteiger charge is 2.39. The summed E-state index contributed by atoms with van der Waals surface area (Å²) in [6, 6.07) is 10.6. The summed E-state index contributed by atoms with van der Waals surface area (Å²) in [6.45, 7) is 1.14. The minimum atomic E-state index is -0.650. The van der Waals surface area contributed by atoms with E-state index in [2.05, 4.69) is 0 Å². The topological polar surface area (TPSA) is 82.8 Å². The summed E-state index contributed by atoms with van der Waals surface area (Å²) >= 11 is 0. The molecule has 1 saturated heterocycles. The average Bonchev–Trinajstić information content (AvgIpc) is 2.73. The second kappa shape index (κ2) is 8.02. The number of piperidine rings is 1. The molecular weight excluding hydrogens is 362 g/mol. The lowest BCUT2D eigenvalue weighted by atomic mass is 9.93. The third-order valence-electron chi connectivity index (χ3n) is 5.25. The van der Waals surface area contributed by atoms with Gasteiger partial charge in [0, 0.05) is 33.8 Å². The van der Waals surface area contributed by atoms with Crippen molar-refractivity contribution in [1.82, 2.24) is 14.0 Å². The number of aromatic nitrogens is 2. The fraction of sp³-hybridized carbons (Fsp3) is 0.450. The van der Waals surface area contributed by atoms with Gasteiger partial charge in [-0.15, -0.1) is 0 Å². The zero-order valence-corrected chi connectivity index (χ0v) is 16.4. The Kier molecular flexibility index (Phi) is 5.69. The zero-order chi connectivity index (χ0) is 20.3. The van der Waals surface area contributed by atoms with Gasteiger partial charge >= 0.3 is 5.69 Å². The quantitative estimate of drug-likeness (QED) is 0.757. The lowest BCUT2D eigenvalue weighted by molar-refractivity contribution is -0.0826. The van der Waals surface area contributed by atoms with Crippen molar-refractivity contribution in [2.24, 2.45) is 14.1 Å². The predicted octanol–water partition coefficient (Wildman–Crippen LogP) is 0.784. The Morgan fingerprint density at radius 1 is 1.14 bits per heavy atom. The Balaban J connectivity index is 1.81. The third-order valence-corrected chi connectivity index (χ3v) is 5.25. The SMILES string of the molecule is COC1(COc2ccccc2)CCCN(C(=O)c2cc(=O)n(C)c(=O)n2C)C1. The maximum Gasteiger partial charge on any atom is 0.331 e. The number of rotatable bonds is 5. The van der Waals surface area contributed by atoms with Crippen LogP contribution in [0.4, 0.5) is 0 Å². The van der Waals surface area contributed by atoms with Gasteiger partial charge in [0.25, 0.3) is 11.5 Å². The molecule has 0 N–H and O–H groups in total. The smallest absolute Gasteiger partial charge is 0.331 e. The lowest BCUT2D eigenvalue weighted by Crippen LogP contribution is -2.55. The lowest BCUT2D eigenvalue weighted by Gasteiger charge is -2.41. The number of ether oxygens (including phenoxy) is 2. The van der Waals surface area contributed by atoms with Gasteiger partial charge in [-0.05, 0) is 25.0 Å². The Morgan fingerprint density at radius 2 is 1.86 bits per heavy atom. The molecule has 1 unspecified atom stereocenters. The molecule has 3 rings (SSSR count). The summed E-state index contributed by atoms with van der Waals surface area (Å²) in [5.41, 5.74) is -1.61. The second-order valence-corrected chi connectivity index (χ2v) is 7.09. The number of carbonyl (C=O) groups is 1. The van der Waals surface area contributed by atoms with Gasteiger partial charge in [0.1, 0.15) is 23.7 Å². The van der Waals surface area contributed by atoms with Crippen LogP contribution in [0.25, 0.3) is 0 Å². The fourth-order valence-electron chi connectivity index (χ4n) is 3.45. The number of carbonyl (C=O) groups excluding carboxylic acids is 1. The van der Waals surface area contributed by atoms with Gasteiger partial charge in [-0.3, -0.25) is 18.7 Å². The van der Waals surface area contributed by atoms with E-state index >= 15 is 0 Å². The molecule has 1 aliphatic heterocycles. The highest BCUT2D eigenvalue weighted by molar-refractivity contribution is 5.92. The van der Waals surface area contributed by atoms with Gasteiger partial charge in [-0.1, -0.05) is 18.2 Å². The molecule has 150 valence electrons. The van der Waals surface area contributed by atoms with Gasteiger partial charge in [0.2, 0.25) is 0 Å². The van der Waals surface area contributed by atoms with E-state index in [1.54, 1.807) is 12.0 Å². The number of methoxy groups -OCH3 is 1. The molecule has 0 bridgehead atoms. The third kappa shape index (κ3) is 3.87. The molecule has 1 atom stereocenters. The van der Waals surface area contributed by atoms with Gasteiger partial charge in [-0.25, -0.2) is 4.79 Å². The first kappa shape index (κ1) is 19.9. The van der Waals surface area contributed by atoms with Crippen LogP contribution in [0.2, 0.25) is 0 Å². The molecule has 1 aromatic heterocycles. The van der Waals surface area contributed by atoms with Crippen LogP contribution >= 0.6 is 0 Å². The molecule has 0 spiro atoms. The highest BCUT2D eigenvalue weighted by Crippen LogP contribution is 2.27. The summed E-state index contributed by atoms with van der Waals surface area (Å²) < 4.78 is 13.8. The van der Waals surface area contributed by atoms with Crippen molar-refractivity contribution in [2.75, 3.05) is 26.8 Å². The molecule has 0 saturated carbocycles. The normalized spacial score (nSPS) is 19.5. The van der Waals surface area contributed by atoms with Crippen LogP contribution in [0.5, 0.6) is 5.75 Å². The Labute approximate surface area is 162 Å². The molecule has 28 heavy (non-hydrogen) atoms. The Bertz CT molecular complexity index is 966. The molecule has 8 heteroatoms. The molecular formula is C20H25N3O5. The molecule has 2 aromatic rings. The Hall–Kier alpha value is -2.87. The molecule has 0 radical (unpaired) electrons. The van der Waals surface area contributed by atoms with Gasteiger partial charge in [0.15, 0.2) is 0 Å². The van der Waals surface area contributed by atoms with Crippen LogP contribution < -0.4 is 16.0 Å². The van der Waals surface area contributed by atoms with Crippen molar-refractivity contribution in [3.63, 3.8) is 0 Å². The van der Waals surface area contributed by atoms with Gasteiger partial charge in [0.05, 0.1) is 6.54 Å². The van der Waals surface area contributed by atoms with Crippen LogP contribution in [0.1, 0.15) is 23.3 Å². The Morgan fingerprint density at radius 3 is 2.54 bits per heavy atom. The zero-order valence-electron chi connectivity index (χ0n) is 16.4. The number of hydrogen-bond acceptors (Lipinski definition) is 5. The van der Waals surface area contributed by atoms with Crippen LogP contribution in [0.15, 0.2) is 46.0 Å². The van der Waals surface area contributed by atoms with E-state index in [-0.39, 0.29) is 11.6 Å². The van der Waals surface area contributed by atoms with Crippen LogP contribution in [0, 0.1) is 0 Å². The van der Waals surface area contributed by atoms with Gasteiger partial charge in [-0.2, -0.15) is 0 Å². The number of amides is 1. The molecule has 1 aliphatic rings. The first-order valence-electron chi connectivity index (χ1n) is 9.16. The summed E-state index contributed by atoms with van der Waals surface area (Å²) in [7, 11) is 4.48. The van der Waals surface area contributed by atoms with Gasteiger partial charge < -0.3 is 14.4 Å². The van der Waals surface area contributed by atoms with Crippen molar-refractivity contribution in [2.45, 2.75) is 18.4 Å². The summed E-state index contributed by atoms with van der Waals surface area (Å²) in [6.07, 6.45) is 1.48. The van der Waals surface area contributed by atoms with E-state index in [1.807, 2.05) is 30.3 Å². The first-order chi connectivity index (χ1) is 13.4. The monoisotopic (exact) mass is 387 g/mol. The summed E-state index contributed by atoms with van der Waals surface area (Å²) in [5.74, 6) is 0.370. The first-order valence-corrected chi connectivity index (χ1v) is 9.16. The second-order valence-electron chi connectivity index (χ2n) is 7.09. The largest absolute Gasteiger partial charge is 0.491 e. The minimum Gasteiger partial charge on any atom is -0.491 e. The standard InChI is InChI=1S/C20H25N3O5/c1-21-16(12-17(24)22(2)19(21)26)18(25)23-11-7-10-20(13-23,27-3)14-28-15-8-5-4-6-9-15/h4-6,8-9,12H,7,10-11,13-14H2,1-3H3. The average molecular weight is 387 g/mol. The van der Waals surface area contributed by atoms with Crippen molar-refractivity contribution in [3.05, 3.63) is 62.9 Å². The molecule has 1 aromatic carbocycles. The number of nitrogens with zero attached hydrogens (tertiary/aromatic N) is 3. The molecule has 2 heterocycles. The molecule has 0 aliphatic carbocycles. The van der Waals surface area contributed by atoms with E-state index in [0.717, 1.165) is 23.2 Å². The fourth-order valence-corrected chi connectivity index (χ4v) is 3.45. The van der Waals surface area contributed by atoms with Crippen molar-refractivity contribution < 1.29 is 14.3 Å². The maximum atomic E-state index is 13.0. The van der Waals surface area contributed by atoms with Crippen LogP contribution in [0.3, 0.4) is 0 Å². The summed E-state index contributed by atoms with van der Waals surface area (Å²) in [4.78, 5) is 38.8. The highest BCUT2D eigenvalue weighted by atomic mass is 16.5. The van der Waals surface area contributed by atoms with E-state index < -0.39 is 16.9 Å². The van der Waals surface area contributed by atoms with E-state index in [0.29, 0.717) is 19.7 Å². The minimum absolute atomic E-state index is 0.0731. The molecule has 8 nitrogen and oxygen atoms in total.